The molecular formula is C29H33N3O2. The molecule has 0 saturated carbocycles. The zero-order valence-corrected chi connectivity index (χ0v) is 20.0. The highest BCUT2D eigenvalue weighted by Gasteiger charge is 2.27. The van der Waals surface area contributed by atoms with E-state index >= 15 is 0 Å². The van der Waals surface area contributed by atoms with Crippen LogP contribution in [0.5, 0.6) is 0 Å². The molecule has 0 spiro atoms. The number of nitrogens with one attached hydrogen (secondary N) is 2. The Morgan fingerprint density at radius 2 is 1.68 bits per heavy atom. The third-order valence-corrected chi connectivity index (χ3v) is 6.48. The fourth-order valence-corrected chi connectivity index (χ4v) is 4.49. The van der Waals surface area contributed by atoms with Gasteiger partial charge in [0.25, 0.3) is 5.91 Å². The maximum atomic E-state index is 13.2. The van der Waals surface area contributed by atoms with Crippen LogP contribution in [-0.2, 0) is 11.3 Å². The summed E-state index contributed by atoms with van der Waals surface area (Å²) >= 11 is 0. The second kappa shape index (κ2) is 11.1. The molecule has 1 aliphatic rings. The number of piperidine rings is 1. The average Bonchev–Trinajstić information content (AvgIpc) is 2.86. The van der Waals surface area contributed by atoms with E-state index in [-0.39, 0.29) is 23.8 Å². The summed E-state index contributed by atoms with van der Waals surface area (Å²) in [6.45, 7) is 6.61. The Balaban J connectivity index is 1.39. The second-order valence-corrected chi connectivity index (χ2v) is 9.20. The number of hydrogen-bond acceptors (Lipinski definition) is 3. The van der Waals surface area contributed by atoms with Gasteiger partial charge in [-0.2, -0.15) is 0 Å². The topological polar surface area (TPSA) is 61.4 Å². The fraction of sp³-hybridized carbons (Fsp3) is 0.310. The molecule has 0 aromatic heterocycles. The van der Waals surface area contributed by atoms with Gasteiger partial charge < -0.3 is 10.6 Å². The summed E-state index contributed by atoms with van der Waals surface area (Å²) in [5.41, 5.74) is 4.59. The Morgan fingerprint density at radius 3 is 2.44 bits per heavy atom. The molecule has 0 radical (unpaired) electrons. The predicted octanol–water partition coefficient (Wildman–Crippen LogP) is 5.34. The van der Waals surface area contributed by atoms with Crippen LogP contribution in [0.1, 0.15) is 52.9 Å². The summed E-state index contributed by atoms with van der Waals surface area (Å²) in [5.74, 6) is -0.319. The molecule has 1 fully saturated rings. The van der Waals surface area contributed by atoms with Crippen molar-refractivity contribution in [2.24, 2.45) is 5.92 Å². The minimum atomic E-state index is -0.197. The van der Waals surface area contributed by atoms with Gasteiger partial charge >= 0.3 is 0 Å². The van der Waals surface area contributed by atoms with Gasteiger partial charge in [0, 0.05) is 13.1 Å². The zero-order valence-electron chi connectivity index (χ0n) is 20.0. The van der Waals surface area contributed by atoms with E-state index < -0.39 is 0 Å². The third kappa shape index (κ3) is 6.12. The standard InChI is InChI=1S/C29H33N3O2/c1-21-14-16-23(17-15-21)19-32-18-8-11-25(20-32)28(33)31-27-13-7-6-12-26(27)29(34)30-22(2)24-9-4-3-5-10-24/h3-7,9-10,12-17,22,25H,8,11,18-20H2,1-2H3,(H,30,34)(H,31,33). The smallest absolute Gasteiger partial charge is 0.253 e. The van der Waals surface area contributed by atoms with Crippen molar-refractivity contribution in [3.63, 3.8) is 0 Å². The van der Waals surface area contributed by atoms with E-state index in [1.165, 1.54) is 11.1 Å². The Bertz CT molecular complexity index is 1110. The molecule has 2 unspecified atom stereocenters. The van der Waals surface area contributed by atoms with Gasteiger partial charge in [0.05, 0.1) is 23.2 Å². The van der Waals surface area contributed by atoms with Crippen molar-refractivity contribution in [2.45, 2.75) is 39.3 Å². The van der Waals surface area contributed by atoms with E-state index in [9.17, 15) is 9.59 Å². The summed E-state index contributed by atoms with van der Waals surface area (Å²) in [5, 5.41) is 6.09. The normalized spacial score (nSPS) is 17.1. The van der Waals surface area contributed by atoms with Gasteiger partial charge in [0.2, 0.25) is 5.91 Å². The lowest BCUT2D eigenvalue weighted by molar-refractivity contribution is -0.121. The van der Waals surface area contributed by atoms with Crippen molar-refractivity contribution in [3.05, 3.63) is 101 Å². The minimum Gasteiger partial charge on any atom is -0.345 e. The molecule has 3 aromatic carbocycles. The summed E-state index contributed by atoms with van der Waals surface area (Å²) in [6, 6.07) is 25.5. The zero-order chi connectivity index (χ0) is 23.9. The van der Waals surface area contributed by atoms with Crippen LogP contribution >= 0.6 is 0 Å². The number of likely N-dealkylation sites (tertiary alicyclic amines) is 1. The van der Waals surface area contributed by atoms with Crippen LogP contribution in [-0.4, -0.2) is 29.8 Å². The van der Waals surface area contributed by atoms with Crippen molar-refractivity contribution >= 4 is 17.5 Å². The lowest BCUT2D eigenvalue weighted by atomic mass is 9.96. The first-order chi connectivity index (χ1) is 16.5. The van der Waals surface area contributed by atoms with E-state index in [1.807, 2.05) is 49.4 Å². The molecule has 2 atom stereocenters. The van der Waals surface area contributed by atoms with Gasteiger partial charge in [-0.15, -0.1) is 0 Å². The summed E-state index contributed by atoms with van der Waals surface area (Å²) in [7, 11) is 0. The maximum absolute atomic E-state index is 13.2. The number of rotatable bonds is 7. The van der Waals surface area contributed by atoms with E-state index in [4.69, 9.17) is 0 Å². The molecule has 2 N–H and O–H groups in total. The first-order valence-electron chi connectivity index (χ1n) is 12.0. The van der Waals surface area contributed by atoms with Gasteiger partial charge in [0.15, 0.2) is 0 Å². The molecule has 3 aromatic rings. The van der Waals surface area contributed by atoms with E-state index in [0.29, 0.717) is 11.3 Å². The minimum absolute atomic E-state index is 0.0232. The van der Waals surface area contributed by atoms with Crippen LogP contribution in [0.4, 0.5) is 5.69 Å². The number of benzene rings is 3. The van der Waals surface area contributed by atoms with Crippen molar-refractivity contribution in [1.82, 2.24) is 10.2 Å². The Hall–Kier alpha value is -3.44. The van der Waals surface area contributed by atoms with Crippen molar-refractivity contribution in [2.75, 3.05) is 18.4 Å². The molecule has 0 bridgehead atoms. The summed E-state index contributed by atoms with van der Waals surface area (Å²) in [6.07, 6.45) is 1.84. The molecule has 5 nitrogen and oxygen atoms in total. The lowest BCUT2D eigenvalue weighted by Gasteiger charge is -2.32. The fourth-order valence-electron chi connectivity index (χ4n) is 4.49. The molecule has 5 heteroatoms. The van der Waals surface area contributed by atoms with Crippen molar-refractivity contribution in [3.8, 4) is 0 Å². The van der Waals surface area contributed by atoms with Gasteiger partial charge in [-0.25, -0.2) is 0 Å². The SMILES string of the molecule is Cc1ccc(CN2CCCC(C(=O)Nc3ccccc3C(=O)NC(C)c3ccccc3)C2)cc1. The Labute approximate surface area is 202 Å². The first kappa shape index (κ1) is 23.7. The second-order valence-electron chi connectivity index (χ2n) is 9.20. The Kier molecular flexibility index (Phi) is 7.76. The number of carbonyl (C=O) groups excluding carboxylic acids is 2. The largest absolute Gasteiger partial charge is 0.345 e. The highest BCUT2D eigenvalue weighted by molar-refractivity contribution is 6.04. The van der Waals surface area contributed by atoms with Crippen molar-refractivity contribution < 1.29 is 9.59 Å². The third-order valence-electron chi connectivity index (χ3n) is 6.48. The van der Waals surface area contributed by atoms with Gasteiger partial charge in [-0.05, 0) is 56.5 Å². The van der Waals surface area contributed by atoms with Crippen LogP contribution < -0.4 is 10.6 Å². The molecule has 4 rings (SSSR count). The van der Waals surface area contributed by atoms with Gasteiger partial charge in [-0.3, -0.25) is 14.5 Å². The summed E-state index contributed by atoms with van der Waals surface area (Å²) < 4.78 is 0. The van der Waals surface area contributed by atoms with Crippen LogP contribution in [0.15, 0.2) is 78.9 Å². The molecule has 176 valence electrons. The molecule has 34 heavy (non-hydrogen) atoms. The molecular weight excluding hydrogens is 422 g/mol. The number of anilines is 1. The van der Waals surface area contributed by atoms with Crippen molar-refractivity contribution in [1.29, 1.82) is 0 Å². The molecule has 2 amide bonds. The number of para-hydroxylation sites is 1. The number of amides is 2. The van der Waals surface area contributed by atoms with Crippen LogP contribution in [0, 0.1) is 12.8 Å². The lowest BCUT2D eigenvalue weighted by Crippen LogP contribution is -2.40. The van der Waals surface area contributed by atoms with Crippen LogP contribution in [0.2, 0.25) is 0 Å². The summed E-state index contributed by atoms with van der Waals surface area (Å²) in [4.78, 5) is 28.5. The molecule has 1 heterocycles. The number of carbonyl (C=O) groups is 2. The number of nitrogens with zero attached hydrogens (tertiary/aromatic N) is 1. The molecule has 1 aliphatic heterocycles. The van der Waals surface area contributed by atoms with E-state index in [0.717, 1.165) is 38.0 Å². The highest BCUT2D eigenvalue weighted by atomic mass is 16.2. The predicted molar refractivity (Wildman–Crippen MR) is 137 cm³/mol. The number of hydrogen-bond donors (Lipinski definition) is 2. The van der Waals surface area contributed by atoms with Crippen LogP contribution in [0.25, 0.3) is 0 Å². The van der Waals surface area contributed by atoms with Gasteiger partial charge in [-0.1, -0.05) is 72.3 Å². The average molecular weight is 456 g/mol. The maximum Gasteiger partial charge on any atom is 0.253 e. The molecule has 1 saturated heterocycles. The number of aryl methyl sites for hydroxylation is 1. The van der Waals surface area contributed by atoms with E-state index in [2.05, 4.69) is 46.7 Å². The van der Waals surface area contributed by atoms with Gasteiger partial charge in [0.1, 0.15) is 0 Å². The highest BCUT2D eigenvalue weighted by Crippen LogP contribution is 2.23. The van der Waals surface area contributed by atoms with Crippen LogP contribution in [0.3, 0.4) is 0 Å². The molecule has 0 aliphatic carbocycles. The quantitative estimate of drug-likeness (QED) is 0.506. The monoisotopic (exact) mass is 455 g/mol. The van der Waals surface area contributed by atoms with E-state index in [1.54, 1.807) is 12.1 Å². The Morgan fingerprint density at radius 1 is 0.971 bits per heavy atom. The first-order valence-corrected chi connectivity index (χ1v) is 12.0.